The molecule has 1 amide bonds. The number of nitrogens with zero attached hydrogens (tertiary/aromatic N) is 2. The Hall–Kier alpha value is -0.740. The van der Waals surface area contributed by atoms with Crippen LogP contribution >= 0.6 is 23.4 Å². The molecule has 19 heavy (non-hydrogen) atoms. The van der Waals surface area contributed by atoms with E-state index in [1.807, 2.05) is 20.0 Å². The van der Waals surface area contributed by atoms with E-state index >= 15 is 0 Å². The highest BCUT2D eigenvalue weighted by Gasteiger charge is 2.18. The van der Waals surface area contributed by atoms with Gasteiger partial charge >= 0.3 is 0 Å². The average Bonchev–Trinajstić information content (AvgIpc) is 2.42. The number of aryl methyl sites for hydroxylation is 1. The van der Waals surface area contributed by atoms with E-state index in [1.165, 1.54) is 0 Å². The van der Waals surface area contributed by atoms with Gasteiger partial charge in [-0.15, -0.1) is 0 Å². The molecule has 0 aliphatic rings. The molecule has 0 aliphatic heterocycles. The third-order valence-corrected chi connectivity index (χ3v) is 4.02. The van der Waals surface area contributed by atoms with E-state index in [0.717, 1.165) is 24.3 Å². The van der Waals surface area contributed by atoms with Gasteiger partial charge in [-0.2, -0.15) is 11.8 Å². The van der Waals surface area contributed by atoms with Crippen LogP contribution in [0.4, 0.5) is 0 Å². The van der Waals surface area contributed by atoms with Gasteiger partial charge in [0.1, 0.15) is 5.15 Å². The minimum absolute atomic E-state index is 0.00704. The molecule has 0 fully saturated rings. The van der Waals surface area contributed by atoms with Gasteiger partial charge in [0.15, 0.2) is 0 Å². The molecule has 1 heterocycles. The summed E-state index contributed by atoms with van der Waals surface area (Å²) in [6.07, 6.45) is 3.83. The van der Waals surface area contributed by atoms with Crippen molar-refractivity contribution in [2.45, 2.75) is 32.7 Å². The smallest absolute Gasteiger partial charge is 0.254 e. The average molecular weight is 301 g/mol. The number of carbonyl (C=O) groups excluding carboxylic acids is 1. The summed E-state index contributed by atoms with van der Waals surface area (Å²) in [6.45, 7) is 4.06. The molecule has 5 heteroatoms. The SMILES string of the molecule is CCc1cc(C(=O)N(C)C(C)CCSC)cc(Cl)n1. The minimum atomic E-state index is 0.00704. The first-order chi connectivity index (χ1) is 8.99. The first-order valence-electron chi connectivity index (χ1n) is 6.42. The number of rotatable bonds is 6. The Bertz CT molecular complexity index is 439. The molecule has 0 N–H and O–H groups in total. The number of halogens is 1. The second-order valence-electron chi connectivity index (χ2n) is 4.57. The van der Waals surface area contributed by atoms with Crippen LogP contribution in [-0.4, -0.2) is 40.9 Å². The predicted molar refractivity (Wildman–Crippen MR) is 83.2 cm³/mol. The van der Waals surface area contributed by atoms with Crippen molar-refractivity contribution in [1.82, 2.24) is 9.88 Å². The maximum atomic E-state index is 12.4. The number of carbonyl (C=O) groups is 1. The number of pyridine rings is 1. The summed E-state index contributed by atoms with van der Waals surface area (Å²) < 4.78 is 0. The van der Waals surface area contributed by atoms with Crippen molar-refractivity contribution < 1.29 is 4.79 Å². The molecule has 1 unspecified atom stereocenters. The second kappa shape index (κ2) is 7.75. The van der Waals surface area contributed by atoms with Crippen LogP contribution < -0.4 is 0 Å². The second-order valence-corrected chi connectivity index (χ2v) is 5.94. The largest absolute Gasteiger partial charge is 0.339 e. The normalized spacial score (nSPS) is 12.3. The van der Waals surface area contributed by atoms with E-state index in [9.17, 15) is 4.79 Å². The van der Waals surface area contributed by atoms with Gasteiger partial charge in [0.25, 0.3) is 5.91 Å². The Morgan fingerprint density at radius 2 is 2.21 bits per heavy atom. The van der Waals surface area contributed by atoms with Crippen LogP contribution in [0.2, 0.25) is 5.15 Å². The highest BCUT2D eigenvalue weighted by atomic mass is 35.5. The summed E-state index contributed by atoms with van der Waals surface area (Å²) in [5.41, 5.74) is 1.47. The Morgan fingerprint density at radius 3 is 2.79 bits per heavy atom. The van der Waals surface area contributed by atoms with Gasteiger partial charge < -0.3 is 4.90 Å². The number of thioether (sulfide) groups is 1. The molecule has 0 saturated heterocycles. The third-order valence-electron chi connectivity index (χ3n) is 3.18. The molecule has 106 valence electrons. The molecule has 0 spiro atoms. The van der Waals surface area contributed by atoms with Crippen LogP contribution in [0, 0.1) is 0 Å². The fraction of sp³-hybridized carbons (Fsp3) is 0.571. The third kappa shape index (κ3) is 4.69. The summed E-state index contributed by atoms with van der Waals surface area (Å²) in [5, 5.41) is 0.382. The van der Waals surface area contributed by atoms with E-state index in [4.69, 9.17) is 11.6 Å². The van der Waals surface area contributed by atoms with Gasteiger partial charge in [-0.3, -0.25) is 4.79 Å². The molecular weight excluding hydrogens is 280 g/mol. The summed E-state index contributed by atoms with van der Waals surface area (Å²) in [4.78, 5) is 18.4. The summed E-state index contributed by atoms with van der Waals surface area (Å²) >= 11 is 7.75. The topological polar surface area (TPSA) is 33.2 Å². The molecule has 1 aromatic heterocycles. The first kappa shape index (κ1) is 16.3. The van der Waals surface area contributed by atoms with Crippen molar-refractivity contribution in [3.05, 3.63) is 28.5 Å². The van der Waals surface area contributed by atoms with Gasteiger partial charge in [0.05, 0.1) is 0 Å². The van der Waals surface area contributed by atoms with Crippen molar-refractivity contribution in [3.63, 3.8) is 0 Å². The molecule has 1 rings (SSSR count). The van der Waals surface area contributed by atoms with Crippen LogP contribution in [0.1, 0.15) is 36.3 Å². The predicted octanol–water partition coefficient (Wildman–Crippen LogP) is 3.51. The molecule has 1 atom stereocenters. The van der Waals surface area contributed by atoms with Crippen LogP contribution in [-0.2, 0) is 6.42 Å². The molecule has 0 aliphatic carbocycles. The highest BCUT2D eigenvalue weighted by molar-refractivity contribution is 7.98. The summed E-state index contributed by atoms with van der Waals surface area (Å²) in [5.74, 6) is 1.06. The number of hydrogen-bond acceptors (Lipinski definition) is 3. The molecular formula is C14H21ClN2OS. The van der Waals surface area contributed by atoms with Crippen molar-refractivity contribution >= 4 is 29.3 Å². The maximum Gasteiger partial charge on any atom is 0.254 e. The van der Waals surface area contributed by atoms with Crippen molar-refractivity contribution in [1.29, 1.82) is 0 Å². The highest BCUT2D eigenvalue weighted by Crippen LogP contribution is 2.15. The van der Waals surface area contributed by atoms with Crippen LogP contribution in [0.25, 0.3) is 0 Å². The standard InChI is InChI=1S/C14H21ClN2OS/c1-5-12-8-11(9-13(15)16-12)14(18)17(3)10(2)6-7-19-4/h8-10H,5-7H2,1-4H3. The zero-order valence-electron chi connectivity index (χ0n) is 11.9. The number of hydrogen-bond donors (Lipinski definition) is 0. The quantitative estimate of drug-likeness (QED) is 0.754. The van der Waals surface area contributed by atoms with Crippen LogP contribution in [0.15, 0.2) is 12.1 Å². The van der Waals surface area contributed by atoms with Crippen molar-refractivity contribution in [2.24, 2.45) is 0 Å². The Balaban J connectivity index is 2.84. The monoisotopic (exact) mass is 300 g/mol. The van der Waals surface area contributed by atoms with Crippen molar-refractivity contribution in [2.75, 3.05) is 19.1 Å². The lowest BCUT2D eigenvalue weighted by Crippen LogP contribution is -2.35. The molecule has 3 nitrogen and oxygen atoms in total. The summed E-state index contributed by atoms with van der Waals surface area (Å²) in [7, 11) is 1.84. The first-order valence-corrected chi connectivity index (χ1v) is 8.19. The van der Waals surface area contributed by atoms with Crippen LogP contribution in [0.5, 0.6) is 0 Å². The zero-order valence-corrected chi connectivity index (χ0v) is 13.5. The maximum absolute atomic E-state index is 12.4. The molecule has 0 radical (unpaired) electrons. The van der Waals surface area contributed by atoms with Gasteiger partial charge in [0.2, 0.25) is 0 Å². The molecule has 0 aromatic carbocycles. The fourth-order valence-corrected chi connectivity index (χ4v) is 2.54. The van der Waals surface area contributed by atoms with Crippen molar-refractivity contribution in [3.8, 4) is 0 Å². The zero-order chi connectivity index (χ0) is 14.4. The Morgan fingerprint density at radius 1 is 1.53 bits per heavy atom. The molecule has 0 bridgehead atoms. The lowest BCUT2D eigenvalue weighted by Gasteiger charge is -2.25. The summed E-state index contributed by atoms with van der Waals surface area (Å²) in [6, 6.07) is 3.68. The number of amides is 1. The van der Waals surface area contributed by atoms with Gasteiger partial charge in [0, 0.05) is 24.3 Å². The van der Waals surface area contributed by atoms with Gasteiger partial charge in [-0.05, 0) is 43.9 Å². The van der Waals surface area contributed by atoms with E-state index in [0.29, 0.717) is 10.7 Å². The fourth-order valence-electron chi connectivity index (χ4n) is 1.74. The molecule has 1 aromatic rings. The van der Waals surface area contributed by atoms with Crippen LogP contribution in [0.3, 0.4) is 0 Å². The lowest BCUT2D eigenvalue weighted by atomic mass is 10.1. The minimum Gasteiger partial charge on any atom is -0.339 e. The van der Waals surface area contributed by atoms with Gasteiger partial charge in [-0.25, -0.2) is 4.98 Å². The van der Waals surface area contributed by atoms with E-state index in [2.05, 4.69) is 18.2 Å². The van der Waals surface area contributed by atoms with E-state index in [-0.39, 0.29) is 11.9 Å². The van der Waals surface area contributed by atoms with E-state index in [1.54, 1.807) is 22.7 Å². The Labute approximate surface area is 124 Å². The lowest BCUT2D eigenvalue weighted by molar-refractivity contribution is 0.0741. The Kier molecular flexibility index (Phi) is 6.66. The molecule has 0 saturated carbocycles. The van der Waals surface area contributed by atoms with Gasteiger partial charge in [-0.1, -0.05) is 18.5 Å². The number of aromatic nitrogens is 1. The van der Waals surface area contributed by atoms with E-state index < -0.39 is 0 Å².